The van der Waals surface area contributed by atoms with Crippen LogP contribution in [0.3, 0.4) is 0 Å². The number of hydrogen-bond donors (Lipinski definition) is 3. The van der Waals surface area contributed by atoms with Gasteiger partial charge in [0.15, 0.2) is 0 Å². The third kappa shape index (κ3) is 0.958. The highest BCUT2D eigenvalue weighted by atomic mass is 16.2. The summed E-state index contributed by atoms with van der Waals surface area (Å²) in [5.74, 6) is 0. The zero-order chi connectivity index (χ0) is 7.68. The zero-order valence-corrected chi connectivity index (χ0v) is 5.59. The number of carbonyl (C=O) groups is 1. The Bertz CT molecular complexity index is 356. The van der Waals surface area contributed by atoms with Crippen LogP contribution in [0.1, 0.15) is 0 Å². The van der Waals surface area contributed by atoms with Crippen LogP contribution in [0.25, 0.3) is 12.4 Å². The van der Waals surface area contributed by atoms with E-state index in [9.17, 15) is 4.79 Å². The molecule has 56 valence electrons. The summed E-state index contributed by atoms with van der Waals surface area (Å²) in [7, 11) is 0. The molecule has 0 aromatic carbocycles. The van der Waals surface area contributed by atoms with Crippen LogP contribution in [0.15, 0.2) is 6.20 Å². The maximum Gasteiger partial charge on any atom is 0.322 e. The van der Waals surface area contributed by atoms with E-state index in [1.807, 2.05) is 0 Å². The zero-order valence-electron chi connectivity index (χ0n) is 5.59. The molecule has 0 fully saturated rings. The number of carbonyl (C=O) groups excluding carboxylic acids is 1. The standard InChI is InChI=1S/C6H6N4O/c11-6-7-1-4-2-9-10-5(4)3-8-6/h1-3,10H,(H2,7,8,11). The van der Waals surface area contributed by atoms with Crippen molar-refractivity contribution in [1.82, 2.24) is 20.8 Å². The molecular formula is C6H6N4O. The van der Waals surface area contributed by atoms with Crippen LogP contribution >= 0.6 is 0 Å². The van der Waals surface area contributed by atoms with E-state index in [4.69, 9.17) is 0 Å². The minimum atomic E-state index is -0.241. The van der Waals surface area contributed by atoms with Gasteiger partial charge in [0.2, 0.25) is 0 Å². The number of fused-ring (bicyclic) bond motifs is 1. The van der Waals surface area contributed by atoms with Crippen molar-refractivity contribution in [2.24, 2.45) is 0 Å². The van der Waals surface area contributed by atoms with Crippen LogP contribution in [0, 0.1) is 0 Å². The second-order valence-corrected chi connectivity index (χ2v) is 2.15. The molecule has 0 unspecified atom stereocenters. The lowest BCUT2D eigenvalue weighted by molar-refractivity contribution is 0.249. The Kier molecular flexibility index (Phi) is 1.15. The number of aromatic nitrogens is 2. The highest BCUT2D eigenvalue weighted by Crippen LogP contribution is 1.68. The van der Waals surface area contributed by atoms with Gasteiger partial charge in [-0.15, -0.1) is 0 Å². The van der Waals surface area contributed by atoms with Gasteiger partial charge >= 0.3 is 6.03 Å². The van der Waals surface area contributed by atoms with Gasteiger partial charge in [-0.05, 0) is 0 Å². The van der Waals surface area contributed by atoms with Gasteiger partial charge in [-0.2, -0.15) is 5.10 Å². The molecule has 1 aliphatic heterocycles. The maximum absolute atomic E-state index is 10.7. The molecule has 0 spiro atoms. The van der Waals surface area contributed by atoms with Gasteiger partial charge in [-0.3, -0.25) is 5.10 Å². The molecule has 0 saturated carbocycles. The molecule has 0 aliphatic carbocycles. The number of rotatable bonds is 0. The van der Waals surface area contributed by atoms with Crippen molar-refractivity contribution in [3.63, 3.8) is 0 Å². The Labute approximate surface area is 61.8 Å². The Balaban J connectivity index is 2.66. The van der Waals surface area contributed by atoms with Gasteiger partial charge in [0.05, 0.1) is 11.5 Å². The highest BCUT2D eigenvalue weighted by molar-refractivity contribution is 5.82. The molecule has 1 aromatic heterocycles. The average Bonchev–Trinajstić information content (AvgIpc) is 2.38. The molecule has 0 radical (unpaired) electrons. The van der Waals surface area contributed by atoms with Crippen LogP contribution < -0.4 is 21.2 Å². The van der Waals surface area contributed by atoms with Gasteiger partial charge < -0.3 is 10.6 Å². The summed E-state index contributed by atoms with van der Waals surface area (Å²) in [5.41, 5.74) is 0. The predicted octanol–water partition coefficient (Wildman–Crippen LogP) is -1.80. The minimum Gasteiger partial charge on any atom is -0.314 e. The molecule has 1 aliphatic rings. The smallest absolute Gasteiger partial charge is 0.314 e. The van der Waals surface area contributed by atoms with Gasteiger partial charge in [-0.1, -0.05) is 0 Å². The summed E-state index contributed by atoms with van der Waals surface area (Å²) < 4.78 is 0. The number of nitrogens with zero attached hydrogens (tertiary/aromatic N) is 1. The summed E-state index contributed by atoms with van der Waals surface area (Å²) in [6, 6.07) is -0.241. The van der Waals surface area contributed by atoms with Crippen LogP contribution in [0.2, 0.25) is 0 Å². The number of amides is 2. The molecule has 5 heteroatoms. The third-order valence-corrected chi connectivity index (χ3v) is 1.41. The van der Waals surface area contributed by atoms with Crippen molar-refractivity contribution in [3.8, 4) is 0 Å². The van der Waals surface area contributed by atoms with Crippen molar-refractivity contribution < 1.29 is 4.79 Å². The van der Waals surface area contributed by atoms with Gasteiger partial charge in [0, 0.05) is 17.6 Å². The van der Waals surface area contributed by atoms with Crippen molar-refractivity contribution in [3.05, 3.63) is 16.8 Å². The number of H-pyrrole nitrogens is 1. The van der Waals surface area contributed by atoms with Gasteiger partial charge in [0.25, 0.3) is 0 Å². The molecule has 2 amide bonds. The molecule has 2 rings (SSSR count). The fourth-order valence-electron chi connectivity index (χ4n) is 0.859. The van der Waals surface area contributed by atoms with Crippen LogP contribution in [0.5, 0.6) is 0 Å². The lowest BCUT2D eigenvalue weighted by atomic mass is 10.5. The first-order valence-electron chi connectivity index (χ1n) is 3.13. The van der Waals surface area contributed by atoms with E-state index >= 15 is 0 Å². The molecule has 0 bridgehead atoms. The fraction of sp³-hybridized carbons (Fsp3) is 0. The van der Waals surface area contributed by atoms with E-state index in [0.717, 1.165) is 10.6 Å². The highest BCUT2D eigenvalue weighted by Gasteiger charge is 1.97. The monoisotopic (exact) mass is 150 g/mol. The van der Waals surface area contributed by atoms with Crippen LogP contribution in [-0.2, 0) is 0 Å². The quantitative estimate of drug-likeness (QED) is 0.408. The Hall–Kier alpha value is -1.78. The molecule has 11 heavy (non-hydrogen) atoms. The average molecular weight is 150 g/mol. The summed E-state index contributed by atoms with van der Waals surface area (Å²) in [6.45, 7) is 0. The summed E-state index contributed by atoms with van der Waals surface area (Å²) >= 11 is 0. The first-order valence-corrected chi connectivity index (χ1v) is 3.13. The van der Waals surface area contributed by atoms with E-state index in [2.05, 4.69) is 20.8 Å². The minimum absolute atomic E-state index is 0.241. The Morgan fingerprint density at radius 2 is 2.09 bits per heavy atom. The fourth-order valence-corrected chi connectivity index (χ4v) is 0.859. The SMILES string of the molecule is O=C1NC=c2cn[nH]c2=CN1. The summed E-state index contributed by atoms with van der Waals surface area (Å²) in [5, 5.41) is 13.2. The second kappa shape index (κ2) is 2.12. The number of urea groups is 1. The largest absolute Gasteiger partial charge is 0.322 e. The van der Waals surface area contributed by atoms with Crippen LogP contribution in [-0.4, -0.2) is 16.2 Å². The number of hydrogen-bond acceptors (Lipinski definition) is 2. The first kappa shape index (κ1) is 5.96. The second-order valence-electron chi connectivity index (χ2n) is 2.15. The summed E-state index contributed by atoms with van der Waals surface area (Å²) in [6.07, 6.45) is 4.80. The van der Waals surface area contributed by atoms with Crippen molar-refractivity contribution in [1.29, 1.82) is 0 Å². The van der Waals surface area contributed by atoms with E-state index < -0.39 is 0 Å². The van der Waals surface area contributed by atoms with Gasteiger partial charge in [-0.25, -0.2) is 4.79 Å². The maximum atomic E-state index is 10.7. The lowest BCUT2D eigenvalue weighted by Crippen LogP contribution is -2.26. The molecule has 0 saturated heterocycles. The molecule has 0 atom stereocenters. The van der Waals surface area contributed by atoms with E-state index in [-0.39, 0.29) is 6.03 Å². The third-order valence-electron chi connectivity index (χ3n) is 1.41. The van der Waals surface area contributed by atoms with Crippen molar-refractivity contribution in [2.45, 2.75) is 0 Å². The molecule has 1 aromatic rings. The molecular weight excluding hydrogens is 144 g/mol. The predicted molar refractivity (Wildman–Crippen MR) is 38.4 cm³/mol. The lowest BCUT2D eigenvalue weighted by Gasteiger charge is -1.92. The normalized spacial score (nSPS) is 14.7. The number of nitrogens with one attached hydrogen (secondary N) is 3. The molecule has 2 heterocycles. The topological polar surface area (TPSA) is 69.8 Å². The Morgan fingerprint density at radius 3 is 3.00 bits per heavy atom. The first-order chi connectivity index (χ1) is 5.36. The Morgan fingerprint density at radius 1 is 1.27 bits per heavy atom. The van der Waals surface area contributed by atoms with Crippen LogP contribution in [0.4, 0.5) is 4.79 Å². The molecule has 3 N–H and O–H groups in total. The number of aromatic amines is 1. The van der Waals surface area contributed by atoms with E-state index in [0.29, 0.717) is 0 Å². The molecule has 5 nitrogen and oxygen atoms in total. The summed E-state index contributed by atoms with van der Waals surface area (Å²) in [4.78, 5) is 10.7. The van der Waals surface area contributed by atoms with E-state index in [1.54, 1.807) is 18.6 Å². The van der Waals surface area contributed by atoms with Gasteiger partial charge in [0.1, 0.15) is 0 Å². The van der Waals surface area contributed by atoms with Crippen molar-refractivity contribution in [2.75, 3.05) is 0 Å². The van der Waals surface area contributed by atoms with Crippen molar-refractivity contribution >= 4 is 18.4 Å². The van der Waals surface area contributed by atoms with E-state index in [1.165, 1.54) is 0 Å².